The highest BCUT2D eigenvalue weighted by Gasteiger charge is 2.31. The van der Waals surface area contributed by atoms with Gasteiger partial charge in [-0.05, 0) is 43.3 Å². The molecule has 0 spiro atoms. The lowest BCUT2D eigenvalue weighted by Gasteiger charge is -2.33. The Bertz CT molecular complexity index is 1170. The molecule has 3 aromatic rings. The van der Waals surface area contributed by atoms with E-state index in [2.05, 4.69) is 44.6 Å². The number of piperazine rings is 1. The highest BCUT2D eigenvalue weighted by Crippen LogP contribution is 2.37. The van der Waals surface area contributed by atoms with E-state index in [0.717, 1.165) is 25.3 Å². The standard InChI is InChI=1S/C23H22Cl2N6O2.ClH/c1-14-12-30(10-9-26-14)16-7-5-15(6-8-16)28-23-27-11-17-21(29-23)33-13-31(22(17)32)20-18(24)3-2-4-19(20)25;/h2-8,11,14,26H,9-10,12-13H2,1H3,(H,27,28,29);1H. The quantitative estimate of drug-likeness (QED) is 0.513. The minimum Gasteiger partial charge on any atom is -0.455 e. The summed E-state index contributed by atoms with van der Waals surface area (Å²) in [7, 11) is 0. The fraction of sp³-hybridized carbons (Fsp3) is 0.261. The SMILES string of the molecule is CC1CN(c2ccc(Nc3ncc4c(n3)OCN(c3c(Cl)cccc3Cl)C4=O)cc2)CCN1.Cl. The predicted molar refractivity (Wildman–Crippen MR) is 137 cm³/mol. The van der Waals surface area contributed by atoms with Gasteiger partial charge in [-0.1, -0.05) is 29.3 Å². The number of ether oxygens (including phenoxy) is 1. The highest BCUT2D eigenvalue weighted by atomic mass is 35.5. The molecule has 34 heavy (non-hydrogen) atoms. The van der Waals surface area contributed by atoms with Gasteiger partial charge in [0.1, 0.15) is 5.56 Å². The number of benzene rings is 2. The first-order valence-corrected chi connectivity index (χ1v) is 11.4. The first kappa shape index (κ1) is 24.3. The maximum absolute atomic E-state index is 13.0. The van der Waals surface area contributed by atoms with Crippen LogP contribution < -0.4 is 25.2 Å². The van der Waals surface area contributed by atoms with Crippen molar-refractivity contribution >= 4 is 64.5 Å². The molecule has 1 unspecified atom stereocenters. The van der Waals surface area contributed by atoms with Crippen molar-refractivity contribution in [1.82, 2.24) is 15.3 Å². The zero-order valence-corrected chi connectivity index (χ0v) is 20.6. The summed E-state index contributed by atoms with van der Waals surface area (Å²) in [5.74, 6) is 0.227. The minimum absolute atomic E-state index is 0. The van der Waals surface area contributed by atoms with Crippen molar-refractivity contribution < 1.29 is 9.53 Å². The van der Waals surface area contributed by atoms with E-state index in [9.17, 15) is 4.79 Å². The Hall–Kier alpha value is -2.78. The fourth-order valence-corrected chi connectivity index (χ4v) is 4.58. The maximum atomic E-state index is 13.0. The summed E-state index contributed by atoms with van der Waals surface area (Å²) in [6.07, 6.45) is 1.44. The number of anilines is 4. The van der Waals surface area contributed by atoms with E-state index < -0.39 is 0 Å². The Balaban J connectivity index is 0.00000274. The molecule has 8 nitrogen and oxygen atoms in total. The minimum atomic E-state index is -0.326. The normalized spacial score (nSPS) is 17.5. The third-order valence-corrected chi connectivity index (χ3v) is 6.23. The van der Waals surface area contributed by atoms with Crippen molar-refractivity contribution in [2.24, 2.45) is 0 Å². The van der Waals surface area contributed by atoms with Crippen LogP contribution in [0.2, 0.25) is 10.0 Å². The number of para-hydroxylation sites is 1. The third kappa shape index (κ3) is 4.86. The molecule has 1 atom stereocenters. The molecule has 1 saturated heterocycles. The molecule has 1 amide bonds. The average Bonchev–Trinajstić information content (AvgIpc) is 2.81. The van der Waals surface area contributed by atoms with Gasteiger partial charge in [0.2, 0.25) is 11.8 Å². The van der Waals surface area contributed by atoms with Crippen LogP contribution in [-0.4, -0.2) is 48.3 Å². The molecule has 2 aliphatic heterocycles. The van der Waals surface area contributed by atoms with Gasteiger partial charge in [0.05, 0.1) is 15.7 Å². The molecular weight excluding hydrogens is 499 g/mol. The van der Waals surface area contributed by atoms with Gasteiger partial charge < -0.3 is 20.3 Å². The Morgan fingerprint density at radius 1 is 1.15 bits per heavy atom. The van der Waals surface area contributed by atoms with Crippen LogP contribution in [0.4, 0.5) is 23.0 Å². The number of nitrogens with zero attached hydrogens (tertiary/aromatic N) is 4. The zero-order valence-electron chi connectivity index (χ0n) is 18.3. The second-order valence-corrected chi connectivity index (χ2v) is 8.78. The van der Waals surface area contributed by atoms with E-state index in [4.69, 9.17) is 27.9 Å². The van der Waals surface area contributed by atoms with Crippen LogP contribution in [-0.2, 0) is 0 Å². The molecule has 5 rings (SSSR count). The lowest BCUT2D eigenvalue weighted by Crippen LogP contribution is -2.49. The first-order chi connectivity index (χ1) is 16.0. The molecule has 1 aromatic heterocycles. The van der Waals surface area contributed by atoms with Gasteiger partial charge in [-0.3, -0.25) is 9.69 Å². The van der Waals surface area contributed by atoms with Crippen molar-refractivity contribution in [3.05, 3.63) is 64.3 Å². The number of halogens is 3. The highest BCUT2D eigenvalue weighted by molar-refractivity contribution is 6.40. The molecular formula is C23H23Cl3N6O2. The van der Waals surface area contributed by atoms with Crippen molar-refractivity contribution in [2.45, 2.75) is 13.0 Å². The molecule has 1 fully saturated rings. The summed E-state index contributed by atoms with van der Waals surface area (Å²) in [6, 6.07) is 13.6. The molecule has 0 radical (unpaired) electrons. The molecule has 2 N–H and O–H groups in total. The van der Waals surface area contributed by atoms with Gasteiger partial charge in [0.15, 0.2) is 6.73 Å². The van der Waals surface area contributed by atoms with E-state index in [0.29, 0.717) is 27.7 Å². The van der Waals surface area contributed by atoms with Gasteiger partial charge >= 0.3 is 0 Å². The Morgan fingerprint density at radius 3 is 2.59 bits per heavy atom. The zero-order chi connectivity index (χ0) is 22.9. The van der Waals surface area contributed by atoms with Crippen LogP contribution in [0.3, 0.4) is 0 Å². The fourth-order valence-electron chi connectivity index (χ4n) is 3.98. The molecule has 0 saturated carbocycles. The third-order valence-electron chi connectivity index (χ3n) is 5.62. The van der Waals surface area contributed by atoms with Crippen LogP contribution in [0, 0.1) is 0 Å². The van der Waals surface area contributed by atoms with Crippen LogP contribution in [0.5, 0.6) is 5.88 Å². The van der Waals surface area contributed by atoms with Gasteiger partial charge in [0, 0.05) is 43.2 Å². The number of fused-ring (bicyclic) bond motifs is 1. The topological polar surface area (TPSA) is 82.6 Å². The van der Waals surface area contributed by atoms with Crippen LogP contribution in [0.25, 0.3) is 0 Å². The lowest BCUT2D eigenvalue weighted by atomic mass is 10.2. The summed E-state index contributed by atoms with van der Waals surface area (Å²) in [4.78, 5) is 25.4. The average molecular weight is 522 g/mol. The summed E-state index contributed by atoms with van der Waals surface area (Å²) in [5, 5.41) is 7.34. The Morgan fingerprint density at radius 2 is 1.88 bits per heavy atom. The number of carbonyl (C=O) groups is 1. The van der Waals surface area contributed by atoms with Crippen molar-refractivity contribution in [3.8, 4) is 5.88 Å². The molecule has 2 aliphatic rings. The number of hydrogen-bond donors (Lipinski definition) is 2. The van der Waals surface area contributed by atoms with Crippen molar-refractivity contribution in [1.29, 1.82) is 0 Å². The number of carbonyl (C=O) groups excluding carboxylic acids is 1. The van der Waals surface area contributed by atoms with Crippen LogP contribution in [0.15, 0.2) is 48.7 Å². The van der Waals surface area contributed by atoms with E-state index in [-0.39, 0.29) is 36.5 Å². The summed E-state index contributed by atoms with van der Waals surface area (Å²) in [6.45, 7) is 5.06. The number of hydrogen-bond acceptors (Lipinski definition) is 7. The molecule has 3 heterocycles. The first-order valence-electron chi connectivity index (χ1n) is 10.6. The molecule has 2 aromatic carbocycles. The van der Waals surface area contributed by atoms with Crippen molar-refractivity contribution in [3.63, 3.8) is 0 Å². The molecule has 0 bridgehead atoms. The summed E-state index contributed by atoms with van der Waals surface area (Å²) in [5.41, 5.74) is 2.66. The Labute approximate surface area is 213 Å². The molecule has 11 heteroatoms. The van der Waals surface area contributed by atoms with E-state index >= 15 is 0 Å². The number of aromatic nitrogens is 2. The molecule has 0 aliphatic carbocycles. The van der Waals surface area contributed by atoms with E-state index in [1.165, 1.54) is 16.8 Å². The van der Waals surface area contributed by atoms with Gasteiger partial charge in [-0.2, -0.15) is 4.98 Å². The Kier molecular flexibility index (Phi) is 7.33. The van der Waals surface area contributed by atoms with E-state index in [1.807, 2.05) is 12.1 Å². The summed E-state index contributed by atoms with van der Waals surface area (Å²) < 4.78 is 5.74. The second-order valence-electron chi connectivity index (χ2n) is 7.96. The largest absolute Gasteiger partial charge is 0.455 e. The van der Waals surface area contributed by atoms with Crippen LogP contribution in [0.1, 0.15) is 17.3 Å². The van der Waals surface area contributed by atoms with Gasteiger partial charge in [0.25, 0.3) is 5.91 Å². The predicted octanol–water partition coefficient (Wildman–Crippen LogP) is 4.74. The van der Waals surface area contributed by atoms with Gasteiger partial charge in [-0.25, -0.2) is 4.98 Å². The van der Waals surface area contributed by atoms with Crippen LogP contribution >= 0.6 is 35.6 Å². The summed E-state index contributed by atoms with van der Waals surface area (Å²) >= 11 is 12.5. The van der Waals surface area contributed by atoms with Crippen molar-refractivity contribution in [2.75, 3.05) is 41.5 Å². The van der Waals surface area contributed by atoms with E-state index in [1.54, 1.807) is 18.2 Å². The second kappa shape index (κ2) is 10.2. The molecule has 178 valence electrons. The lowest BCUT2D eigenvalue weighted by molar-refractivity contribution is 0.0932. The van der Waals surface area contributed by atoms with Gasteiger partial charge in [-0.15, -0.1) is 12.4 Å². The number of amides is 1. The maximum Gasteiger partial charge on any atom is 0.268 e. The monoisotopic (exact) mass is 520 g/mol. The smallest absolute Gasteiger partial charge is 0.268 e. The number of rotatable bonds is 4. The number of nitrogens with one attached hydrogen (secondary N) is 2.